The molecular weight excluding hydrogens is 346 g/mol. The van der Waals surface area contributed by atoms with Crippen LogP contribution in [-0.4, -0.2) is 44.8 Å². The molecule has 2 aliphatic heterocycles. The monoisotopic (exact) mass is 365 g/mol. The predicted octanol–water partition coefficient (Wildman–Crippen LogP) is -5.68. The molecule has 0 saturated carbocycles. The number of benzene rings is 1. The molecule has 0 radical (unpaired) electrons. The predicted molar refractivity (Wildman–Crippen MR) is 87.4 cm³/mol. The van der Waals surface area contributed by atoms with Crippen molar-refractivity contribution in [3.63, 3.8) is 0 Å². The van der Waals surface area contributed by atoms with Gasteiger partial charge in [-0.25, -0.2) is 0 Å². The van der Waals surface area contributed by atoms with Gasteiger partial charge in [-0.3, -0.25) is 36.1 Å². The van der Waals surface area contributed by atoms with E-state index in [0.717, 1.165) is 0 Å². The van der Waals surface area contributed by atoms with Gasteiger partial charge in [-0.15, -0.1) is 0 Å². The van der Waals surface area contributed by atoms with Crippen LogP contribution in [0.15, 0.2) is 18.2 Å². The van der Waals surface area contributed by atoms with Gasteiger partial charge in [-0.05, 0) is 12.1 Å². The normalized spacial score (nSPS) is 28.7. The van der Waals surface area contributed by atoms with Crippen LogP contribution in [0.1, 0.15) is 15.9 Å². The first-order valence-electron chi connectivity index (χ1n) is 7.27. The number of imide groups is 1. The third kappa shape index (κ3) is 1.74. The largest absolute Gasteiger partial charge is 0.398 e. The molecule has 1 saturated heterocycles. The molecule has 16 N–H and O–H groups in total. The van der Waals surface area contributed by atoms with Crippen LogP contribution < -0.4 is 45.5 Å². The minimum atomic E-state index is -3.18. The SMILES string of the molecule is Nc1cccc2c1C(N)(N)N(C1(O)C(=O)NC(=O)C(N)(N)C1(N)N)C2=O. The van der Waals surface area contributed by atoms with Crippen LogP contribution in [0.5, 0.6) is 0 Å². The van der Waals surface area contributed by atoms with Crippen molar-refractivity contribution in [1.82, 2.24) is 10.2 Å². The third-order valence-corrected chi connectivity index (χ3v) is 4.81. The number of hydrogen-bond acceptors (Lipinski definition) is 11. The number of nitrogens with one attached hydrogen (secondary N) is 1. The number of nitrogens with two attached hydrogens (primary N) is 7. The standard InChI is InChI=1S/C13H19N9O4/c14-5-3-1-2-4-6(5)12(17,18)22(7(4)23)11(26)9(25)21-8(24)10(15,16)13(11,19)20/h1-3,26H,14-20H2,(H,21,24,25). The van der Waals surface area contributed by atoms with Gasteiger partial charge in [0.1, 0.15) is 0 Å². The van der Waals surface area contributed by atoms with Gasteiger partial charge in [-0.2, -0.15) is 0 Å². The number of carbonyl (C=O) groups excluding carboxylic acids is 3. The highest BCUT2D eigenvalue weighted by Gasteiger charge is 2.74. The van der Waals surface area contributed by atoms with Gasteiger partial charge in [0, 0.05) is 11.3 Å². The maximum atomic E-state index is 12.9. The third-order valence-electron chi connectivity index (χ3n) is 4.81. The van der Waals surface area contributed by atoms with Crippen molar-refractivity contribution in [2.75, 3.05) is 5.73 Å². The van der Waals surface area contributed by atoms with Gasteiger partial charge in [0.2, 0.25) is 0 Å². The van der Waals surface area contributed by atoms with E-state index in [4.69, 9.17) is 40.1 Å². The van der Waals surface area contributed by atoms with Crippen LogP contribution >= 0.6 is 0 Å². The summed E-state index contributed by atoms with van der Waals surface area (Å²) in [6.07, 6.45) is 0. The number of rotatable bonds is 1. The number of nitrogen functional groups attached to an aromatic ring is 1. The Morgan fingerprint density at radius 3 is 2.08 bits per heavy atom. The maximum Gasteiger partial charge on any atom is 0.283 e. The second-order valence-electron chi connectivity index (χ2n) is 6.43. The fourth-order valence-electron chi connectivity index (χ4n) is 3.25. The van der Waals surface area contributed by atoms with E-state index in [2.05, 4.69) is 0 Å². The lowest BCUT2D eigenvalue weighted by atomic mass is 9.79. The highest BCUT2D eigenvalue weighted by Crippen LogP contribution is 2.43. The van der Waals surface area contributed by atoms with E-state index in [-0.39, 0.29) is 16.8 Å². The molecule has 2 aliphatic rings. The smallest absolute Gasteiger partial charge is 0.283 e. The van der Waals surface area contributed by atoms with Crippen molar-refractivity contribution in [2.45, 2.75) is 22.8 Å². The summed E-state index contributed by atoms with van der Waals surface area (Å²) in [6.45, 7) is 0. The molecule has 1 atom stereocenters. The molecule has 0 spiro atoms. The molecule has 1 aromatic rings. The van der Waals surface area contributed by atoms with Crippen LogP contribution in [0.3, 0.4) is 0 Å². The molecule has 1 unspecified atom stereocenters. The molecule has 3 rings (SSSR count). The zero-order valence-electron chi connectivity index (χ0n) is 13.4. The Bertz CT molecular complexity index is 865. The minimum absolute atomic E-state index is 0.0191. The maximum absolute atomic E-state index is 12.9. The van der Waals surface area contributed by atoms with E-state index in [9.17, 15) is 19.5 Å². The summed E-state index contributed by atoms with van der Waals surface area (Å²) in [5.41, 5.74) is 31.9. The highest BCUT2D eigenvalue weighted by molar-refractivity contribution is 6.11. The molecule has 13 heteroatoms. The van der Waals surface area contributed by atoms with Crippen LogP contribution in [0.25, 0.3) is 0 Å². The number of fused-ring (bicyclic) bond motifs is 1. The number of nitrogens with zero attached hydrogens (tertiary/aromatic N) is 1. The van der Waals surface area contributed by atoms with Gasteiger partial charge in [0.05, 0.1) is 5.56 Å². The number of anilines is 1. The Morgan fingerprint density at radius 2 is 1.54 bits per heavy atom. The van der Waals surface area contributed by atoms with Gasteiger partial charge in [0.15, 0.2) is 17.1 Å². The fraction of sp³-hybridized carbons (Fsp3) is 0.308. The van der Waals surface area contributed by atoms with Crippen LogP contribution in [0.2, 0.25) is 0 Å². The van der Waals surface area contributed by atoms with Gasteiger partial charge < -0.3 is 33.8 Å². The number of piperidine rings is 1. The average Bonchev–Trinajstić information content (AvgIpc) is 2.72. The summed E-state index contributed by atoms with van der Waals surface area (Å²) >= 11 is 0. The van der Waals surface area contributed by atoms with Gasteiger partial charge in [0.25, 0.3) is 23.4 Å². The van der Waals surface area contributed by atoms with Crippen molar-refractivity contribution in [1.29, 1.82) is 0 Å². The summed E-state index contributed by atoms with van der Waals surface area (Å²) in [5, 5.41) is 12.8. The zero-order chi connectivity index (χ0) is 19.9. The van der Waals surface area contributed by atoms with Gasteiger partial charge >= 0.3 is 0 Å². The van der Waals surface area contributed by atoms with E-state index >= 15 is 0 Å². The summed E-state index contributed by atoms with van der Waals surface area (Å²) in [7, 11) is 0. The second-order valence-corrected chi connectivity index (χ2v) is 6.43. The molecule has 1 aromatic carbocycles. The number of hydrogen-bond donors (Lipinski definition) is 9. The molecule has 3 amide bonds. The zero-order valence-corrected chi connectivity index (χ0v) is 13.4. The highest BCUT2D eigenvalue weighted by atomic mass is 16.3. The summed E-state index contributed by atoms with van der Waals surface area (Å²) in [6, 6.07) is 4.17. The summed E-state index contributed by atoms with van der Waals surface area (Å²) < 4.78 is 0. The molecule has 1 fully saturated rings. The summed E-state index contributed by atoms with van der Waals surface area (Å²) in [4.78, 5) is 37.6. The molecule has 140 valence electrons. The molecule has 0 aliphatic carbocycles. The molecule has 2 heterocycles. The van der Waals surface area contributed by atoms with Crippen LogP contribution in [0.4, 0.5) is 5.69 Å². The van der Waals surface area contributed by atoms with Crippen molar-refractivity contribution in [3.05, 3.63) is 29.3 Å². The lowest BCUT2D eigenvalue weighted by Crippen LogP contribution is -2.97. The first kappa shape index (κ1) is 18.2. The summed E-state index contributed by atoms with van der Waals surface area (Å²) in [5.74, 6) is -6.07. The lowest BCUT2D eigenvalue weighted by molar-refractivity contribution is -0.208. The number of amides is 3. The van der Waals surface area contributed by atoms with Crippen LogP contribution in [0, 0.1) is 0 Å². The van der Waals surface area contributed by atoms with E-state index in [1.807, 2.05) is 0 Å². The lowest BCUT2D eigenvalue weighted by Gasteiger charge is -2.56. The fourth-order valence-corrected chi connectivity index (χ4v) is 3.25. The van der Waals surface area contributed by atoms with E-state index in [1.54, 1.807) is 5.32 Å². The quantitative estimate of drug-likeness (QED) is 0.128. The van der Waals surface area contributed by atoms with Crippen molar-refractivity contribution in [3.8, 4) is 0 Å². The minimum Gasteiger partial charge on any atom is -0.398 e. The molecule has 26 heavy (non-hydrogen) atoms. The molecule has 0 aromatic heterocycles. The van der Waals surface area contributed by atoms with Crippen LogP contribution in [-0.2, 0) is 15.4 Å². The van der Waals surface area contributed by atoms with E-state index in [0.29, 0.717) is 4.90 Å². The molecule has 0 bridgehead atoms. The Morgan fingerprint density at radius 1 is 0.962 bits per heavy atom. The number of aliphatic hydroxyl groups is 1. The number of carbonyl (C=O) groups is 3. The Labute approximate surface area is 146 Å². The van der Waals surface area contributed by atoms with Crippen molar-refractivity contribution < 1.29 is 19.5 Å². The molecular formula is C13H19N9O4. The van der Waals surface area contributed by atoms with E-state index in [1.165, 1.54) is 18.2 Å². The van der Waals surface area contributed by atoms with Crippen molar-refractivity contribution >= 4 is 23.4 Å². The first-order valence-corrected chi connectivity index (χ1v) is 7.27. The topological polar surface area (TPSA) is 269 Å². The Balaban J connectivity index is 2.29. The molecule has 13 nitrogen and oxygen atoms in total. The Kier molecular flexibility index (Phi) is 3.31. The van der Waals surface area contributed by atoms with Crippen molar-refractivity contribution in [2.24, 2.45) is 34.4 Å². The first-order chi connectivity index (χ1) is 11.7. The van der Waals surface area contributed by atoms with E-state index < -0.39 is 40.6 Å². The average molecular weight is 365 g/mol. The van der Waals surface area contributed by atoms with Gasteiger partial charge in [-0.1, -0.05) is 6.07 Å². The second kappa shape index (κ2) is 4.74. The Hall–Kier alpha value is -2.65.